The molecule has 2 atom stereocenters. The maximum absolute atomic E-state index is 12.9. The number of amides is 1. The van der Waals surface area contributed by atoms with Crippen molar-refractivity contribution in [2.24, 2.45) is 5.92 Å². The lowest BCUT2D eigenvalue weighted by Crippen LogP contribution is -2.40. The molecule has 4 rings (SSSR count). The van der Waals surface area contributed by atoms with Gasteiger partial charge >= 0.3 is 0 Å². The summed E-state index contributed by atoms with van der Waals surface area (Å²) in [5.74, 6) is 1.96. The van der Waals surface area contributed by atoms with Crippen molar-refractivity contribution in [2.75, 3.05) is 13.1 Å². The Hall–Kier alpha value is -2.28. The van der Waals surface area contributed by atoms with Crippen molar-refractivity contribution >= 4 is 5.91 Å². The van der Waals surface area contributed by atoms with Gasteiger partial charge in [0.25, 0.3) is 0 Å². The van der Waals surface area contributed by atoms with Crippen molar-refractivity contribution in [1.82, 2.24) is 29.7 Å². The molecule has 2 aliphatic rings. The number of aromatic nitrogens is 4. The van der Waals surface area contributed by atoms with Gasteiger partial charge < -0.3 is 14.8 Å². The first-order valence-electron chi connectivity index (χ1n) is 9.96. The summed E-state index contributed by atoms with van der Waals surface area (Å²) in [4.78, 5) is 28.5. The summed E-state index contributed by atoms with van der Waals surface area (Å²) in [7, 11) is 0. The van der Waals surface area contributed by atoms with Gasteiger partial charge in [-0.25, -0.2) is 15.0 Å². The topological polar surface area (TPSA) is 75.9 Å². The second kappa shape index (κ2) is 7.76. The van der Waals surface area contributed by atoms with E-state index in [0.717, 1.165) is 48.8 Å². The number of nitrogens with one attached hydrogen (secondary N) is 1. The Bertz CT molecular complexity index is 811. The number of hydrogen-bond donors (Lipinski definition) is 1. The van der Waals surface area contributed by atoms with E-state index in [1.54, 1.807) is 6.20 Å². The zero-order valence-corrected chi connectivity index (χ0v) is 16.2. The van der Waals surface area contributed by atoms with E-state index >= 15 is 0 Å². The third-order valence-electron chi connectivity index (χ3n) is 5.70. The van der Waals surface area contributed by atoms with E-state index in [1.165, 1.54) is 12.8 Å². The molecule has 1 saturated heterocycles. The molecular formula is C20H28N6O. The van der Waals surface area contributed by atoms with E-state index in [2.05, 4.69) is 15.3 Å². The fraction of sp³-hybridized carbons (Fsp3) is 0.600. The molecule has 1 N–H and O–H groups in total. The van der Waals surface area contributed by atoms with Crippen molar-refractivity contribution in [3.63, 3.8) is 0 Å². The van der Waals surface area contributed by atoms with Crippen LogP contribution >= 0.6 is 0 Å². The molecule has 0 spiro atoms. The molecule has 1 fully saturated rings. The maximum atomic E-state index is 12.9. The predicted octanol–water partition coefficient (Wildman–Crippen LogP) is 2.02. The molecule has 1 amide bonds. The highest BCUT2D eigenvalue weighted by Gasteiger charge is 2.27. The molecule has 7 nitrogen and oxygen atoms in total. The SMILES string of the molecule is Cc1nccn1C[C@H](C)C(=O)N1CCc2nc([C@@H]3CCCCN3)ncc2C1. The van der Waals surface area contributed by atoms with Crippen LogP contribution in [0.3, 0.4) is 0 Å². The maximum Gasteiger partial charge on any atom is 0.227 e. The minimum atomic E-state index is -0.0777. The van der Waals surface area contributed by atoms with Gasteiger partial charge in [0.1, 0.15) is 11.6 Å². The molecule has 0 aromatic carbocycles. The molecule has 0 saturated carbocycles. The minimum Gasteiger partial charge on any atom is -0.338 e. The van der Waals surface area contributed by atoms with E-state index < -0.39 is 0 Å². The van der Waals surface area contributed by atoms with Gasteiger partial charge in [-0.1, -0.05) is 13.3 Å². The van der Waals surface area contributed by atoms with E-state index in [1.807, 2.05) is 35.7 Å². The van der Waals surface area contributed by atoms with Gasteiger partial charge in [-0.15, -0.1) is 0 Å². The predicted molar refractivity (Wildman–Crippen MR) is 102 cm³/mol. The van der Waals surface area contributed by atoms with Crippen LogP contribution in [0.5, 0.6) is 0 Å². The Kier molecular flexibility index (Phi) is 5.20. The van der Waals surface area contributed by atoms with Gasteiger partial charge in [-0.05, 0) is 26.3 Å². The fourth-order valence-electron chi connectivity index (χ4n) is 4.04. The van der Waals surface area contributed by atoms with Gasteiger partial charge in [0.15, 0.2) is 0 Å². The first-order chi connectivity index (χ1) is 13.1. The lowest BCUT2D eigenvalue weighted by atomic mass is 10.0. The lowest BCUT2D eigenvalue weighted by Gasteiger charge is -2.31. The Morgan fingerprint density at radius 2 is 2.26 bits per heavy atom. The van der Waals surface area contributed by atoms with Crippen LogP contribution < -0.4 is 5.32 Å². The Morgan fingerprint density at radius 1 is 1.37 bits per heavy atom. The zero-order valence-electron chi connectivity index (χ0n) is 16.2. The number of nitrogens with zero attached hydrogens (tertiary/aromatic N) is 5. The highest BCUT2D eigenvalue weighted by atomic mass is 16.2. The molecule has 0 aliphatic carbocycles. The quantitative estimate of drug-likeness (QED) is 0.893. The molecule has 144 valence electrons. The van der Waals surface area contributed by atoms with Crippen LogP contribution in [0.4, 0.5) is 0 Å². The van der Waals surface area contributed by atoms with Gasteiger partial charge in [-0.3, -0.25) is 4.79 Å². The highest BCUT2D eigenvalue weighted by molar-refractivity contribution is 5.78. The van der Waals surface area contributed by atoms with E-state index in [4.69, 9.17) is 4.98 Å². The smallest absolute Gasteiger partial charge is 0.227 e. The van der Waals surface area contributed by atoms with E-state index in [9.17, 15) is 4.79 Å². The van der Waals surface area contributed by atoms with Crippen molar-refractivity contribution in [1.29, 1.82) is 0 Å². The number of fused-ring (bicyclic) bond motifs is 1. The number of rotatable bonds is 4. The molecule has 2 aliphatic heterocycles. The molecule has 4 heterocycles. The van der Waals surface area contributed by atoms with Crippen LogP contribution in [0.1, 0.15) is 55.1 Å². The van der Waals surface area contributed by atoms with Crippen LogP contribution in [0.25, 0.3) is 0 Å². The summed E-state index contributed by atoms with van der Waals surface area (Å²) in [6, 6.07) is 0.280. The van der Waals surface area contributed by atoms with Crippen LogP contribution in [-0.4, -0.2) is 43.4 Å². The van der Waals surface area contributed by atoms with Crippen LogP contribution in [-0.2, 0) is 24.3 Å². The first kappa shape index (κ1) is 18.1. The first-order valence-corrected chi connectivity index (χ1v) is 9.96. The summed E-state index contributed by atoms with van der Waals surface area (Å²) in [5.41, 5.74) is 2.19. The summed E-state index contributed by atoms with van der Waals surface area (Å²) in [6.07, 6.45) is 10.0. The molecule has 0 radical (unpaired) electrons. The van der Waals surface area contributed by atoms with Crippen LogP contribution in [0.15, 0.2) is 18.6 Å². The number of aryl methyl sites for hydroxylation is 1. The summed E-state index contributed by atoms with van der Waals surface area (Å²) < 4.78 is 2.03. The third-order valence-corrected chi connectivity index (χ3v) is 5.70. The number of carbonyl (C=O) groups is 1. The normalized spacial score (nSPS) is 21.0. The van der Waals surface area contributed by atoms with Gasteiger partial charge in [-0.2, -0.15) is 0 Å². The minimum absolute atomic E-state index is 0.0777. The zero-order chi connectivity index (χ0) is 18.8. The monoisotopic (exact) mass is 368 g/mol. The second-order valence-electron chi connectivity index (χ2n) is 7.74. The van der Waals surface area contributed by atoms with Crippen molar-refractivity contribution in [3.8, 4) is 0 Å². The Labute approximate surface area is 160 Å². The van der Waals surface area contributed by atoms with Gasteiger partial charge in [0.2, 0.25) is 5.91 Å². The molecule has 7 heteroatoms. The van der Waals surface area contributed by atoms with Crippen LogP contribution in [0.2, 0.25) is 0 Å². The van der Waals surface area contributed by atoms with Gasteiger partial charge in [0, 0.05) is 50.2 Å². The van der Waals surface area contributed by atoms with Crippen molar-refractivity contribution < 1.29 is 4.79 Å². The average Bonchev–Trinajstić information content (AvgIpc) is 3.11. The number of carbonyl (C=O) groups excluding carboxylic acids is 1. The van der Waals surface area contributed by atoms with Crippen molar-refractivity contribution in [3.05, 3.63) is 41.5 Å². The molecule has 27 heavy (non-hydrogen) atoms. The fourth-order valence-corrected chi connectivity index (χ4v) is 4.04. The largest absolute Gasteiger partial charge is 0.338 e. The summed E-state index contributed by atoms with van der Waals surface area (Å²) in [5, 5.41) is 3.51. The molecule has 2 aromatic heterocycles. The van der Waals surface area contributed by atoms with Gasteiger partial charge in [0.05, 0.1) is 17.7 Å². The number of piperidine rings is 1. The van der Waals surface area contributed by atoms with Crippen molar-refractivity contribution in [2.45, 2.75) is 58.7 Å². The lowest BCUT2D eigenvalue weighted by molar-refractivity contribution is -0.136. The third kappa shape index (κ3) is 3.88. The number of hydrogen-bond acceptors (Lipinski definition) is 5. The summed E-state index contributed by atoms with van der Waals surface area (Å²) in [6.45, 7) is 7.00. The second-order valence-corrected chi connectivity index (χ2v) is 7.74. The Morgan fingerprint density at radius 3 is 3.00 bits per heavy atom. The van der Waals surface area contributed by atoms with E-state index in [0.29, 0.717) is 13.1 Å². The molecule has 0 unspecified atom stereocenters. The number of imidazole rings is 1. The average molecular weight is 368 g/mol. The molecule has 2 aromatic rings. The molecule has 0 bridgehead atoms. The van der Waals surface area contributed by atoms with E-state index in [-0.39, 0.29) is 17.9 Å². The summed E-state index contributed by atoms with van der Waals surface area (Å²) >= 11 is 0. The molecular weight excluding hydrogens is 340 g/mol. The highest BCUT2D eigenvalue weighted by Crippen LogP contribution is 2.24. The standard InChI is InChI=1S/C20H28N6O/c1-14(12-25-10-8-21-15(25)2)20(27)26-9-6-17-16(13-26)11-23-19(24-17)18-5-3-4-7-22-18/h8,10-11,14,18,22H,3-7,9,12-13H2,1-2H3/t14-,18-/m0/s1. The van der Waals surface area contributed by atoms with Crippen LogP contribution in [0, 0.1) is 12.8 Å². The Balaban J connectivity index is 1.41.